The molecule has 1 aromatic rings. The average molecular weight is 205 g/mol. The second-order valence-electron chi connectivity index (χ2n) is 5.03. The second kappa shape index (κ2) is 4.23. The van der Waals surface area contributed by atoms with Crippen LogP contribution in [0.25, 0.3) is 0 Å². The van der Waals surface area contributed by atoms with E-state index in [1.54, 1.807) is 0 Å². The topological polar surface area (TPSA) is 26.0 Å². The Hall–Kier alpha value is -1.02. The van der Waals surface area contributed by atoms with E-state index in [0.29, 0.717) is 0 Å². The van der Waals surface area contributed by atoms with Crippen molar-refractivity contribution in [3.63, 3.8) is 0 Å². The fourth-order valence-corrected chi connectivity index (χ4v) is 2.50. The number of hydrogen-bond donors (Lipinski definition) is 1. The van der Waals surface area contributed by atoms with Crippen molar-refractivity contribution >= 4 is 5.69 Å². The van der Waals surface area contributed by atoms with Gasteiger partial charge in [0.1, 0.15) is 6.54 Å². The van der Waals surface area contributed by atoms with Gasteiger partial charge in [0, 0.05) is 11.3 Å². The zero-order valence-electron chi connectivity index (χ0n) is 9.58. The Morgan fingerprint density at radius 1 is 1.07 bits per heavy atom. The van der Waals surface area contributed by atoms with E-state index in [4.69, 9.17) is 5.73 Å². The van der Waals surface area contributed by atoms with Gasteiger partial charge in [0.25, 0.3) is 0 Å². The molecule has 0 spiro atoms. The third-order valence-electron chi connectivity index (χ3n) is 3.44. The van der Waals surface area contributed by atoms with Crippen LogP contribution in [0, 0.1) is 0 Å². The van der Waals surface area contributed by atoms with Gasteiger partial charge >= 0.3 is 0 Å². The van der Waals surface area contributed by atoms with Gasteiger partial charge < -0.3 is 10.2 Å². The molecule has 1 heterocycles. The molecule has 1 saturated heterocycles. The van der Waals surface area contributed by atoms with Crippen molar-refractivity contribution in [1.29, 1.82) is 0 Å². The van der Waals surface area contributed by atoms with Crippen LogP contribution in [0.1, 0.15) is 24.8 Å². The van der Waals surface area contributed by atoms with Crippen molar-refractivity contribution < 1.29 is 4.48 Å². The molecule has 0 amide bonds. The van der Waals surface area contributed by atoms with Gasteiger partial charge in [-0.2, -0.15) is 0 Å². The maximum absolute atomic E-state index is 5.69. The molecular weight excluding hydrogens is 184 g/mol. The Kier molecular flexibility index (Phi) is 2.96. The molecule has 1 fully saturated rings. The van der Waals surface area contributed by atoms with Crippen LogP contribution in [0.2, 0.25) is 0 Å². The van der Waals surface area contributed by atoms with Gasteiger partial charge in [-0.3, -0.25) is 0 Å². The van der Waals surface area contributed by atoms with E-state index in [1.807, 2.05) is 12.1 Å². The number of likely N-dealkylation sites (tertiary alicyclic amines) is 1. The summed E-state index contributed by atoms with van der Waals surface area (Å²) in [6, 6.07) is 8.33. The number of nitrogens with zero attached hydrogens (tertiary/aromatic N) is 1. The molecular formula is C13H21N2+. The van der Waals surface area contributed by atoms with Crippen molar-refractivity contribution in [2.24, 2.45) is 0 Å². The van der Waals surface area contributed by atoms with Crippen molar-refractivity contribution in [3.05, 3.63) is 29.8 Å². The summed E-state index contributed by atoms with van der Waals surface area (Å²) in [4.78, 5) is 0. The van der Waals surface area contributed by atoms with Crippen molar-refractivity contribution in [2.45, 2.75) is 25.8 Å². The van der Waals surface area contributed by atoms with Gasteiger partial charge in [-0.25, -0.2) is 0 Å². The molecule has 2 N–H and O–H groups in total. The van der Waals surface area contributed by atoms with Crippen molar-refractivity contribution in [1.82, 2.24) is 0 Å². The lowest BCUT2D eigenvalue weighted by Gasteiger charge is -2.37. The minimum Gasteiger partial charge on any atom is -0.399 e. The summed E-state index contributed by atoms with van der Waals surface area (Å²) in [6.07, 6.45) is 4.17. The molecule has 2 nitrogen and oxygen atoms in total. The molecule has 0 saturated carbocycles. The van der Waals surface area contributed by atoms with E-state index in [-0.39, 0.29) is 0 Å². The second-order valence-corrected chi connectivity index (χ2v) is 5.03. The van der Waals surface area contributed by atoms with Crippen LogP contribution in [-0.2, 0) is 6.54 Å². The number of hydrogen-bond acceptors (Lipinski definition) is 1. The van der Waals surface area contributed by atoms with Crippen molar-refractivity contribution in [3.8, 4) is 0 Å². The first-order valence-electron chi connectivity index (χ1n) is 5.86. The molecule has 1 aliphatic rings. The lowest BCUT2D eigenvalue weighted by Crippen LogP contribution is -2.46. The molecule has 0 bridgehead atoms. The summed E-state index contributed by atoms with van der Waals surface area (Å²) in [5.41, 5.74) is 7.96. The Labute approximate surface area is 92.3 Å². The zero-order chi connectivity index (χ0) is 10.7. The first-order chi connectivity index (χ1) is 7.18. The predicted molar refractivity (Wildman–Crippen MR) is 64.3 cm³/mol. The van der Waals surface area contributed by atoms with E-state index < -0.39 is 0 Å². The van der Waals surface area contributed by atoms with E-state index in [0.717, 1.165) is 12.2 Å². The quantitative estimate of drug-likeness (QED) is 0.582. The summed E-state index contributed by atoms with van der Waals surface area (Å²) in [6.45, 7) is 3.80. The molecule has 1 aromatic carbocycles. The largest absolute Gasteiger partial charge is 0.399 e. The molecule has 2 heteroatoms. The highest BCUT2D eigenvalue weighted by atomic mass is 15.3. The summed E-state index contributed by atoms with van der Waals surface area (Å²) in [5, 5.41) is 0. The number of nitrogens with two attached hydrogens (primary N) is 1. The summed E-state index contributed by atoms with van der Waals surface area (Å²) in [7, 11) is 2.37. The van der Waals surface area contributed by atoms with Gasteiger partial charge in [-0.1, -0.05) is 12.1 Å². The minimum atomic E-state index is 0.861. The highest BCUT2D eigenvalue weighted by molar-refractivity contribution is 5.39. The number of quaternary nitrogens is 1. The highest BCUT2D eigenvalue weighted by Gasteiger charge is 2.24. The maximum atomic E-state index is 5.69. The third-order valence-corrected chi connectivity index (χ3v) is 3.44. The molecule has 0 aliphatic carbocycles. The van der Waals surface area contributed by atoms with Crippen LogP contribution in [0.15, 0.2) is 24.3 Å². The van der Waals surface area contributed by atoms with Gasteiger partial charge in [0.2, 0.25) is 0 Å². The number of piperidine rings is 1. The number of nitrogen functional groups attached to an aromatic ring is 1. The van der Waals surface area contributed by atoms with E-state index >= 15 is 0 Å². The van der Waals surface area contributed by atoms with E-state index in [9.17, 15) is 0 Å². The van der Waals surface area contributed by atoms with Crippen LogP contribution in [0.3, 0.4) is 0 Å². The van der Waals surface area contributed by atoms with Crippen LogP contribution in [0.4, 0.5) is 5.69 Å². The number of benzene rings is 1. The zero-order valence-corrected chi connectivity index (χ0v) is 9.58. The molecule has 0 atom stereocenters. The molecule has 2 rings (SSSR count). The monoisotopic (exact) mass is 205 g/mol. The molecule has 0 aromatic heterocycles. The summed E-state index contributed by atoms with van der Waals surface area (Å²) < 4.78 is 1.20. The normalized spacial score (nSPS) is 20.1. The highest BCUT2D eigenvalue weighted by Crippen LogP contribution is 2.20. The standard InChI is InChI=1S/C13H21N2/c1-15(9-3-2-4-10-15)11-12-5-7-13(14)8-6-12/h5-8H,2-4,9-11,14H2,1H3/q+1. The third kappa shape index (κ3) is 2.72. The van der Waals surface area contributed by atoms with Gasteiger partial charge in [-0.15, -0.1) is 0 Å². The number of rotatable bonds is 2. The lowest BCUT2D eigenvalue weighted by molar-refractivity contribution is -0.926. The van der Waals surface area contributed by atoms with Gasteiger partial charge in [-0.05, 0) is 31.4 Å². The first kappa shape index (κ1) is 10.5. The van der Waals surface area contributed by atoms with Gasteiger partial charge in [0.05, 0.1) is 20.1 Å². The lowest BCUT2D eigenvalue weighted by atomic mass is 10.1. The van der Waals surface area contributed by atoms with Crippen LogP contribution in [0.5, 0.6) is 0 Å². The minimum absolute atomic E-state index is 0.861. The fourth-order valence-electron chi connectivity index (χ4n) is 2.50. The van der Waals surface area contributed by atoms with Crippen LogP contribution in [-0.4, -0.2) is 24.6 Å². The molecule has 0 radical (unpaired) electrons. The Balaban J connectivity index is 2.03. The first-order valence-corrected chi connectivity index (χ1v) is 5.86. The Morgan fingerprint density at radius 2 is 1.67 bits per heavy atom. The van der Waals surface area contributed by atoms with E-state index in [1.165, 1.54) is 42.4 Å². The van der Waals surface area contributed by atoms with Crippen LogP contribution >= 0.6 is 0 Å². The van der Waals surface area contributed by atoms with Crippen LogP contribution < -0.4 is 5.73 Å². The Morgan fingerprint density at radius 3 is 2.27 bits per heavy atom. The van der Waals surface area contributed by atoms with E-state index in [2.05, 4.69) is 19.2 Å². The number of anilines is 1. The maximum Gasteiger partial charge on any atom is 0.104 e. The Bertz CT molecular complexity index is 310. The van der Waals surface area contributed by atoms with Gasteiger partial charge in [0.15, 0.2) is 0 Å². The van der Waals surface area contributed by atoms with Crippen molar-refractivity contribution in [2.75, 3.05) is 25.9 Å². The molecule has 15 heavy (non-hydrogen) atoms. The summed E-state index contributed by atoms with van der Waals surface area (Å²) >= 11 is 0. The smallest absolute Gasteiger partial charge is 0.104 e. The fraction of sp³-hybridized carbons (Fsp3) is 0.538. The molecule has 0 unspecified atom stereocenters. The SMILES string of the molecule is C[N+]1(Cc2ccc(N)cc2)CCCCC1. The predicted octanol–water partition coefficient (Wildman–Crippen LogP) is 2.40. The molecule has 82 valence electrons. The average Bonchev–Trinajstić information content (AvgIpc) is 2.22. The molecule has 1 aliphatic heterocycles. The summed E-state index contributed by atoms with van der Waals surface area (Å²) in [5.74, 6) is 0.